The van der Waals surface area contributed by atoms with Crippen molar-refractivity contribution >= 4 is 0 Å². The van der Waals surface area contributed by atoms with Crippen molar-refractivity contribution in [3.8, 4) is 11.5 Å². The quantitative estimate of drug-likeness (QED) is 0.737. The Morgan fingerprint density at radius 1 is 1.33 bits per heavy atom. The molecule has 4 unspecified atom stereocenters. The van der Waals surface area contributed by atoms with E-state index in [4.69, 9.17) is 18.9 Å². The highest BCUT2D eigenvalue weighted by molar-refractivity contribution is 5.42. The summed E-state index contributed by atoms with van der Waals surface area (Å²) in [5.41, 5.74) is 1.23. The molecule has 1 aliphatic carbocycles. The molecule has 0 amide bonds. The van der Waals surface area contributed by atoms with Gasteiger partial charge in [0.05, 0.1) is 25.9 Å². The minimum Gasteiger partial charge on any atom is -0.504 e. The van der Waals surface area contributed by atoms with E-state index in [0.717, 1.165) is 18.4 Å². The minimum atomic E-state index is -0.439. The smallest absolute Gasteiger partial charge is 0.184 e. The van der Waals surface area contributed by atoms with Gasteiger partial charge in [0, 0.05) is 5.56 Å². The Balaban J connectivity index is 1.51. The second-order valence-electron chi connectivity index (χ2n) is 8.44. The lowest BCUT2D eigenvalue weighted by Gasteiger charge is -2.41. The van der Waals surface area contributed by atoms with Gasteiger partial charge in [0.25, 0.3) is 0 Å². The van der Waals surface area contributed by atoms with Crippen LogP contribution in [0.25, 0.3) is 0 Å². The van der Waals surface area contributed by atoms with Crippen molar-refractivity contribution in [3.05, 3.63) is 23.8 Å². The van der Waals surface area contributed by atoms with Gasteiger partial charge < -0.3 is 24.1 Å². The topological polar surface area (TPSA) is 57.2 Å². The van der Waals surface area contributed by atoms with Crippen LogP contribution in [0.4, 0.5) is 0 Å². The molecule has 1 aromatic carbocycles. The van der Waals surface area contributed by atoms with Crippen LogP contribution in [-0.4, -0.2) is 37.1 Å². The molecule has 5 heteroatoms. The summed E-state index contributed by atoms with van der Waals surface area (Å²) in [6, 6.07) is 5.20. The molecule has 1 N–H and O–H groups in total. The standard InChI is InChI=1S/C22H34O5/c1-5-24-20-11-16(8-9-19(20)23)21-26-14-18(27-21)13-25-17-7-6-10-22(4,12-17)15(2)3/h8-9,11,15,17-18,21,23H,5-7,10,12-14H2,1-4H3. The molecular weight excluding hydrogens is 344 g/mol. The van der Waals surface area contributed by atoms with Gasteiger partial charge in [-0.1, -0.05) is 33.3 Å². The summed E-state index contributed by atoms with van der Waals surface area (Å²) in [6.45, 7) is 10.5. The monoisotopic (exact) mass is 378 g/mol. The van der Waals surface area contributed by atoms with Gasteiger partial charge in [0.15, 0.2) is 17.8 Å². The molecular formula is C22H34O5. The zero-order valence-electron chi connectivity index (χ0n) is 17.1. The van der Waals surface area contributed by atoms with E-state index in [1.807, 2.05) is 6.92 Å². The first-order chi connectivity index (χ1) is 12.9. The summed E-state index contributed by atoms with van der Waals surface area (Å²) in [5.74, 6) is 1.26. The lowest BCUT2D eigenvalue weighted by Crippen LogP contribution is -2.35. The molecule has 3 rings (SSSR count). The molecule has 1 saturated heterocycles. The van der Waals surface area contributed by atoms with E-state index in [-0.39, 0.29) is 11.9 Å². The van der Waals surface area contributed by atoms with Crippen LogP contribution in [0.15, 0.2) is 18.2 Å². The molecule has 1 aromatic rings. The first-order valence-electron chi connectivity index (χ1n) is 10.3. The molecule has 0 bridgehead atoms. The normalized spacial score (nSPS) is 31.4. The molecule has 0 radical (unpaired) electrons. The Kier molecular flexibility index (Phi) is 6.66. The third-order valence-electron chi connectivity index (χ3n) is 6.19. The number of aromatic hydroxyl groups is 1. The number of rotatable bonds is 7. The number of ether oxygens (including phenoxy) is 4. The van der Waals surface area contributed by atoms with Crippen LogP contribution >= 0.6 is 0 Å². The molecule has 2 fully saturated rings. The Morgan fingerprint density at radius 2 is 2.15 bits per heavy atom. The van der Waals surface area contributed by atoms with E-state index < -0.39 is 6.29 Å². The summed E-state index contributed by atoms with van der Waals surface area (Å²) < 4.78 is 23.5. The predicted molar refractivity (Wildman–Crippen MR) is 104 cm³/mol. The fourth-order valence-electron chi connectivity index (χ4n) is 4.03. The highest BCUT2D eigenvalue weighted by Crippen LogP contribution is 2.43. The lowest BCUT2D eigenvalue weighted by atomic mass is 9.67. The molecule has 4 atom stereocenters. The van der Waals surface area contributed by atoms with E-state index in [0.29, 0.717) is 43.0 Å². The van der Waals surface area contributed by atoms with Gasteiger partial charge in [-0.25, -0.2) is 0 Å². The molecule has 0 aromatic heterocycles. The summed E-state index contributed by atoms with van der Waals surface area (Å²) >= 11 is 0. The highest BCUT2D eigenvalue weighted by atomic mass is 16.7. The van der Waals surface area contributed by atoms with Crippen LogP contribution in [0.5, 0.6) is 11.5 Å². The van der Waals surface area contributed by atoms with E-state index in [2.05, 4.69) is 20.8 Å². The van der Waals surface area contributed by atoms with Crippen molar-refractivity contribution < 1.29 is 24.1 Å². The molecule has 2 aliphatic rings. The molecule has 152 valence electrons. The highest BCUT2D eigenvalue weighted by Gasteiger charge is 2.36. The van der Waals surface area contributed by atoms with Gasteiger partial charge in [-0.05, 0) is 49.7 Å². The SMILES string of the molecule is CCOc1cc(C2OCC(COC3CCCC(C)(C(C)C)C3)O2)ccc1O. The first kappa shape index (κ1) is 20.4. The van der Waals surface area contributed by atoms with Crippen LogP contribution in [-0.2, 0) is 14.2 Å². The number of phenolic OH excluding ortho intramolecular Hbond substituents is 1. The number of phenols is 1. The first-order valence-corrected chi connectivity index (χ1v) is 10.3. The Labute approximate surface area is 163 Å². The third kappa shape index (κ3) is 4.95. The van der Waals surface area contributed by atoms with Gasteiger partial charge in [-0.15, -0.1) is 0 Å². The third-order valence-corrected chi connectivity index (χ3v) is 6.19. The number of hydrogen-bond donors (Lipinski definition) is 1. The number of benzene rings is 1. The van der Waals surface area contributed by atoms with Crippen molar-refractivity contribution in [1.82, 2.24) is 0 Å². The molecule has 0 spiro atoms. The average Bonchev–Trinajstić information content (AvgIpc) is 3.11. The maximum absolute atomic E-state index is 9.84. The fraction of sp³-hybridized carbons (Fsp3) is 0.727. The summed E-state index contributed by atoms with van der Waals surface area (Å²) in [5, 5.41) is 9.84. The molecule has 1 heterocycles. The summed E-state index contributed by atoms with van der Waals surface area (Å²) in [6.07, 6.45) is 4.59. The largest absolute Gasteiger partial charge is 0.504 e. The van der Waals surface area contributed by atoms with E-state index in [1.165, 1.54) is 12.8 Å². The maximum Gasteiger partial charge on any atom is 0.184 e. The average molecular weight is 379 g/mol. The zero-order chi connectivity index (χ0) is 19.4. The van der Waals surface area contributed by atoms with E-state index >= 15 is 0 Å². The van der Waals surface area contributed by atoms with Crippen molar-refractivity contribution in [1.29, 1.82) is 0 Å². The molecule has 1 saturated carbocycles. The Morgan fingerprint density at radius 3 is 2.89 bits per heavy atom. The predicted octanol–water partition coefficient (Wildman–Crippen LogP) is 4.83. The van der Waals surface area contributed by atoms with E-state index in [9.17, 15) is 5.11 Å². The van der Waals surface area contributed by atoms with E-state index in [1.54, 1.807) is 18.2 Å². The van der Waals surface area contributed by atoms with Crippen molar-refractivity contribution in [2.24, 2.45) is 11.3 Å². The summed E-state index contributed by atoms with van der Waals surface area (Å²) in [7, 11) is 0. The van der Waals surface area contributed by atoms with Crippen molar-refractivity contribution in [2.75, 3.05) is 19.8 Å². The second kappa shape index (κ2) is 8.80. The minimum absolute atomic E-state index is 0.0634. The van der Waals surface area contributed by atoms with Gasteiger partial charge in [-0.3, -0.25) is 0 Å². The van der Waals surface area contributed by atoms with Crippen molar-refractivity contribution in [2.45, 2.75) is 71.9 Å². The van der Waals surface area contributed by atoms with Crippen LogP contribution in [0.1, 0.15) is 65.2 Å². The fourth-order valence-corrected chi connectivity index (χ4v) is 4.03. The summed E-state index contributed by atoms with van der Waals surface area (Å²) in [4.78, 5) is 0. The molecule has 5 nitrogen and oxygen atoms in total. The maximum atomic E-state index is 9.84. The van der Waals surface area contributed by atoms with Gasteiger partial charge >= 0.3 is 0 Å². The van der Waals surface area contributed by atoms with Crippen LogP contribution in [0, 0.1) is 11.3 Å². The van der Waals surface area contributed by atoms with Gasteiger partial charge in [0.1, 0.15) is 6.10 Å². The second-order valence-corrected chi connectivity index (χ2v) is 8.44. The zero-order valence-corrected chi connectivity index (χ0v) is 17.1. The van der Waals surface area contributed by atoms with Crippen LogP contribution in [0.2, 0.25) is 0 Å². The Bertz CT molecular complexity index is 617. The van der Waals surface area contributed by atoms with Crippen LogP contribution < -0.4 is 4.74 Å². The molecule has 1 aliphatic heterocycles. The Hall–Kier alpha value is -1.30. The number of hydrogen-bond acceptors (Lipinski definition) is 5. The lowest BCUT2D eigenvalue weighted by molar-refractivity contribution is -0.0931. The molecule has 27 heavy (non-hydrogen) atoms. The van der Waals surface area contributed by atoms with Gasteiger partial charge in [0.2, 0.25) is 0 Å². The van der Waals surface area contributed by atoms with Gasteiger partial charge in [-0.2, -0.15) is 0 Å². The van der Waals surface area contributed by atoms with Crippen molar-refractivity contribution in [3.63, 3.8) is 0 Å². The van der Waals surface area contributed by atoms with Crippen LogP contribution in [0.3, 0.4) is 0 Å².